The number of para-hydroxylation sites is 1. The number of rotatable bonds is 3. The summed E-state index contributed by atoms with van der Waals surface area (Å²) in [5.41, 5.74) is 0. The van der Waals surface area contributed by atoms with Crippen LogP contribution in [0, 0.1) is 0 Å². The average molecular weight is 196 g/mol. The molecule has 0 spiro atoms. The molecule has 1 N–H and O–H groups in total. The summed E-state index contributed by atoms with van der Waals surface area (Å²) in [5.74, 6) is 0.555. The van der Waals surface area contributed by atoms with Crippen LogP contribution >= 0.6 is 0 Å². The van der Waals surface area contributed by atoms with Crippen molar-refractivity contribution in [3.05, 3.63) is 36.4 Å². The van der Waals surface area contributed by atoms with Crippen molar-refractivity contribution in [1.82, 2.24) is 0 Å². The second-order valence-corrected chi connectivity index (χ2v) is 4.01. The number of hydrogen-bond acceptors (Lipinski definition) is 2. The van der Waals surface area contributed by atoms with Crippen LogP contribution < -0.4 is 0 Å². The first-order chi connectivity index (χ1) is 6.25. The van der Waals surface area contributed by atoms with Crippen LogP contribution in [0.25, 0.3) is 0 Å². The minimum atomic E-state index is -1.13. The zero-order chi connectivity index (χ0) is 9.68. The molecule has 0 saturated heterocycles. The van der Waals surface area contributed by atoms with Gasteiger partial charge in [0.15, 0.2) is 0 Å². The van der Waals surface area contributed by atoms with E-state index in [2.05, 4.69) is 0 Å². The summed E-state index contributed by atoms with van der Waals surface area (Å²) in [4.78, 5) is 0.501. The molecule has 0 heterocycles. The van der Waals surface area contributed by atoms with Gasteiger partial charge in [0.25, 0.3) is 0 Å². The van der Waals surface area contributed by atoms with E-state index in [0.29, 0.717) is 10.6 Å². The van der Waals surface area contributed by atoms with Gasteiger partial charge in [-0.2, -0.15) is 0 Å². The topological polar surface area (TPSA) is 37.3 Å². The Morgan fingerprint density at radius 2 is 2.15 bits per heavy atom. The van der Waals surface area contributed by atoms with Crippen molar-refractivity contribution in [3.8, 4) is 5.75 Å². The van der Waals surface area contributed by atoms with Gasteiger partial charge in [0, 0.05) is 5.75 Å². The molecule has 0 bridgehead atoms. The smallest absolute Gasteiger partial charge is 0.131 e. The molecule has 0 aliphatic heterocycles. The van der Waals surface area contributed by atoms with Crippen LogP contribution in [0.2, 0.25) is 0 Å². The van der Waals surface area contributed by atoms with Gasteiger partial charge in [0.1, 0.15) is 5.75 Å². The molecule has 70 valence electrons. The van der Waals surface area contributed by atoms with Crippen molar-refractivity contribution < 1.29 is 9.32 Å². The molecule has 1 unspecified atom stereocenters. The normalized spacial score (nSPS) is 13.3. The zero-order valence-corrected chi connectivity index (χ0v) is 8.25. The summed E-state index contributed by atoms with van der Waals surface area (Å²) in [5, 5.41) is 9.36. The highest BCUT2D eigenvalue weighted by atomic mass is 32.2. The largest absolute Gasteiger partial charge is 0.507 e. The molecule has 0 aromatic heterocycles. The molecule has 3 heteroatoms. The molecule has 0 radical (unpaired) electrons. The zero-order valence-electron chi connectivity index (χ0n) is 7.43. The average Bonchev–Trinajstić information content (AvgIpc) is 2.15. The van der Waals surface area contributed by atoms with E-state index in [1.165, 1.54) is 0 Å². The molecule has 1 aromatic carbocycles. The maximum absolute atomic E-state index is 11.5. The lowest BCUT2D eigenvalue weighted by Crippen LogP contribution is -1.94. The molecule has 0 aliphatic carbocycles. The maximum atomic E-state index is 11.5. The first-order valence-electron chi connectivity index (χ1n) is 4.03. The highest BCUT2D eigenvalue weighted by Crippen LogP contribution is 2.19. The van der Waals surface area contributed by atoms with Crippen LogP contribution in [0.3, 0.4) is 0 Å². The second kappa shape index (κ2) is 4.82. The minimum absolute atomic E-state index is 0.102. The Morgan fingerprint density at radius 3 is 2.77 bits per heavy atom. The van der Waals surface area contributed by atoms with E-state index in [0.717, 1.165) is 0 Å². The second-order valence-electron chi connectivity index (χ2n) is 2.55. The quantitative estimate of drug-likeness (QED) is 0.751. The maximum Gasteiger partial charge on any atom is 0.131 e. The van der Waals surface area contributed by atoms with Crippen LogP contribution in [0.5, 0.6) is 5.75 Å². The van der Waals surface area contributed by atoms with Gasteiger partial charge in [-0.05, 0) is 19.1 Å². The van der Waals surface area contributed by atoms with Crippen LogP contribution in [-0.2, 0) is 10.8 Å². The van der Waals surface area contributed by atoms with Gasteiger partial charge in [-0.25, -0.2) is 0 Å². The molecule has 0 fully saturated rings. The molecular formula is C10H12O2S. The highest BCUT2D eigenvalue weighted by Gasteiger charge is 2.05. The molecule has 1 rings (SSSR count). The van der Waals surface area contributed by atoms with Gasteiger partial charge in [0.2, 0.25) is 0 Å². The summed E-state index contributed by atoms with van der Waals surface area (Å²) in [6.45, 7) is 1.88. The Hall–Kier alpha value is -1.09. The lowest BCUT2D eigenvalue weighted by molar-refractivity contribution is 0.461. The van der Waals surface area contributed by atoms with Crippen LogP contribution in [-0.4, -0.2) is 15.1 Å². The Morgan fingerprint density at radius 1 is 1.46 bits per heavy atom. The van der Waals surface area contributed by atoms with E-state index in [-0.39, 0.29) is 5.75 Å². The van der Waals surface area contributed by atoms with E-state index in [1.54, 1.807) is 24.3 Å². The number of aromatic hydroxyl groups is 1. The third kappa shape index (κ3) is 2.70. The van der Waals surface area contributed by atoms with Crippen molar-refractivity contribution in [2.75, 3.05) is 5.75 Å². The van der Waals surface area contributed by atoms with Gasteiger partial charge >= 0.3 is 0 Å². The predicted octanol–water partition coefficient (Wildman–Crippen LogP) is 2.08. The van der Waals surface area contributed by atoms with Gasteiger partial charge in [0.05, 0.1) is 15.7 Å². The SMILES string of the molecule is CC=CCS(=O)c1ccccc1O. The molecule has 0 amide bonds. The summed E-state index contributed by atoms with van der Waals surface area (Å²) >= 11 is 0. The summed E-state index contributed by atoms with van der Waals surface area (Å²) in [6.07, 6.45) is 3.67. The molecule has 2 nitrogen and oxygen atoms in total. The fraction of sp³-hybridized carbons (Fsp3) is 0.200. The fourth-order valence-corrected chi connectivity index (χ4v) is 2.00. The molecule has 1 atom stereocenters. The standard InChI is InChI=1S/C10H12O2S/c1-2-3-8-13(12)10-7-5-4-6-9(10)11/h2-7,11H,8H2,1H3. The highest BCUT2D eigenvalue weighted by molar-refractivity contribution is 7.85. The van der Waals surface area contributed by atoms with Crippen molar-refractivity contribution in [3.63, 3.8) is 0 Å². The monoisotopic (exact) mass is 196 g/mol. The van der Waals surface area contributed by atoms with E-state index in [4.69, 9.17) is 0 Å². The van der Waals surface area contributed by atoms with Crippen molar-refractivity contribution in [2.24, 2.45) is 0 Å². The number of hydrogen-bond donors (Lipinski definition) is 1. The first kappa shape index (κ1) is 9.99. The Kier molecular flexibility index (Phi) is 3.71. The molecule has 0 saturated carbocycles. The van der Waals surface area contributed by atoms with E-state index >= 15 is 0 Å². The summed E-state index contributed by atoms with van der Waals surface area (Å²) in [7, 11) is -1.13. The molecular weight excluding hydrogens is 184 g/mol. The van der Waals surface area contributed by atoms with Crippen LogP contribution in [0.15, 0.2) is 41.3 Å². The van der Waals surface area contributed by atoms with Gasteiger partial charge in [-0.3, -0.25) is 4.21 Å². The molecule has 13 heavy (non-hydrogen) atoms. The summed E-state index contributed by atoms with van der Waals surface area (Å²) < 4.78 is 11.5. The Labute approximate surface area is 80.4 Å². The van der Waals surface area contributed by atoms with Crippen LogP contribution in [0.4, 0.5) is 0 Å². The lowest BCUT2D eigenvalue weighted by atomic mass is 10.3. The third-order valence-corrected chi connectivity index (χ3v) is 2.92. The van der Waals surface area contributed by atoms with E-state index < -0.39 is 10.8 Å². The van der Waals surface area contributed by atoms with E-state index in [1.807, 2.05) is 19.1 Å². The molecule has 0 aliphatic rings. The first-order valence-corrected chi connectivity index (χ1v) is 5.35. The minimum Gasteiger partial charge on any atom is -0.507 e. The summed E-state index contributed by atoms with van der Waals surface area (Å²) in [6, 6.07) is 6.70. The predicted molar refractivity (Wildman–Crippen MR) is 54.2 cm³/mol. The Bertz CT molecular complexity index is 331. The number of phenols is 1. The van der Waals surface area contributed by atoms with E-state index in [9.17, 15) is 9.32 Å². The number of phenolic OH excluding ortho intramolecular Hbond substituents is 1. The third-order valence-electron chi connectivity index (χ3n) is 1.59. The van der Waals surface area contributed by atoms with Gasteiger partial charge < -0.3 is 5.11 Å². The lowest BCUT2D eigenvalue weighted by Gasteiger charge is -2.00. The van der Waals surface area contributed by atoms with Gasteiger partial charge in [-0.1, -0.05) is 24.3 Å². The fourth-order valence-electron chi connectivity index (χ4n) is 0.923. The van der Waals surface area contributed by atoms with Crippen molar-refractivity contribution >= 4 is 10.8 Å². The number of benzene rings is 1. The van der Waals surface area contributed by atoms with Crippen molar-refractivity contribution in [1.29, 1.82) is 0 Å². The van der Waals surface area contributed by atoms with Crippen LogP contribution in [0.1, 0.15) is 6.92 Å². The number of allylic oxidation sites excluding steroid dienone is 1. The van der Waals surface area contributed by atoms with Gasteiger partial charge in [-0.15, -0.1) is 0 Å². The van der Waals surface area contributed by atoms with Crippen molar-refractivity contribution in [2.45, 2.75) is 11.8 Å². The molecule has 1 aromatic rings. The Balaban J connectivity index is 2.83.